The van der Waals surface area contributed by atoms with Gasteiger partial charge in [0.05, 0.1) is 23.2 Å². The fourth-order valence-electron chi connectivity index (χ4n) is 2.71. The van der Waals surface area contributed by atoms with Crippen molar-refractivity contribution in [3.63, 3.8) is 0 Å². The maximum absolute atomic E-state index is 9.37. The molecule has 2 aromatic rings. The van der Waals surface area contributed by atoms with Crippen molar-refractivity contribution in [2.75, 3.05) is 13.2 Å². The van der Waals surface area contributed by atoms with Crippen LogP contribution < -0.4 is 0 Å². The molecule has 1 fully saturated rings. The average Bonchev–Trinajstić information content (AvgIpc) is 3.17. The smallest absolute Gasteiger partial charge is 0.196 e. The van der Waals surface area contributed by atoms with E-state index in [4.69, 9.17) is 32.7 Å². The summed E-state index contributed by atoms with van der Waals surface area (Å²) in [6.07, 6.45) is 3.77. The predicted octanol–water partition coefficient (Wildman–Crippen LogP) is 4.03. The minimum absolute atomic E-state index is 0.0839. The third kappa shape index (κ3) is 3.87. The van der Waals surface area contributed by atoms with Crippen LogP contribution in [0.3, 0.4) is 0 Å². The molecule has 23 heavy (non-hydrogen) atoms. The van der Waals surface area contributed by atoms with Gasteiger partial charge in [0.15, 0.2) is 5.79 Å². The van der Waals surface area contributed by atoms with Crippen LogP contribution in [0.1, 0.15) is 23.4 Å². The highest BCUT2D eigenvalue weighted by atomic mass is 35.5. The number of rotatable bonds is 6. The first kappa shape index (κ1) is 17.1. The van der Waals surface area contributed by atoms with Gasteiger partial charge in [-0.05, 0) is 25.0 Å². The summed E-state index contributed by atoms with van der Waals surface area (Å²) in [7, 11) is 0. The van der Waals surface area contributed by atoms with Gasteiger partial charge in [0, 0.05) is 28.6 Å². The van der Waals surface area contributed by atoms with Crippen LogP contribution in [0.4, 0.5) is 0 Å². The number of benzene rings is 1. The second-order valence-electron chi connectivity index (χ2n) is 5.39. The molecule has 2 atom stereocenters. The van der Waals surface area contributed by atoms with E-state index in [9.17, 15) is 5.11 Å². The van der Waals surface area contributed by atoms with Gasteiger partial charge >= 0.3 is 0 Å². The van der Waals surface area contributed by atoms with Crippen LogP contribution in [0.2, 0.25) is 10.0 Å². The summed E-state index contributed by atoms with van der Waals surface area (Å²) in [5.74, 6) is -0.938. The topological polar surface area (TPSA) is 51.6 Å². The van der Waals surface area contributed by atoms with Crippen LogP contribution in [0.15, 0.2) is 29.8 Å². The quantitative estimate of drug-likeness (QED) is 0.830. The Kier molecular flexibility index (Phi) is 5.57. The molecule has 3 rings (SSSR count). The third-order valence-corrected chi connectivity index (χ3v) is 5.17. The molecule has 7 heteroatoms. The molecular formula is C16H17Cl2NO3S. The molecule has 1 N–H and O–H groups in total. The Bertz CT molecular complexity index is 653. The lowest BCUT2D eigenvalue weighted by Gasteiger charge is -2.29. The summed E-state index contributed by atoms with van der Waals surface area (Å²) in [6, 6.07) is 5.28. The molecule has 0 saturated carbocycles. The Morgan fingerprint density at radius 3 is 2.91 bits per heavy atom. The Hall–Kier alpha value is -0.690. The molecular weight excluding hydrogens is 357 g/mol. The van der Waals surface area contributed by atoms with Gasteiger partial charge < -0.3 is 14.6 Å². The molecule has 1 saturated heterocycles. The Morgan fingerprint density at radius 1 is 1.39 bits per heavy atom. The molecule has 1 aromatic carbocycles. The number of hydrogen-bond acceptors (Lipinski definition) is 5. The molecule has 0 unspecified atom stereocenters. The normalized spacial score (nSPS) is 24.2. The Morgan fingerprint density at radius 2 is 2.26 bits per heavy atom. The van der Waals surface area contributed by atoms with Crippen LogP contribution in [0, 0.1) is 0 Å². The van der Waals surface area contributed by atoms with Gasteiger partial charge in [-0.1, -0.05) is 29.3 Å². The molecule has 1 aromatic heterocycles. The van der Waals surface area contributed by atoms with Gasteiger partial charge in [-0.2, -0.15) is 0 Å². The number of thiazole rings is 1. The van der Waals surface area contributed by atoms with Crippen molar-refractivity contribution in [2.45, 2.75) is 31.2 Å². The molecule has 1 aliphatic heterocycles. The zero-order valence-electron chi connectivity index (χ0n) is 12.4. The van der Waals surface area contributed by atoms with Gasteiger partial charge in [-0.25, -0.2) is 4.98 Å². The summed E-state index contributed by atoms with van der Waals surface area (Å²) in [6.45, 7) is 0.256. The first-order valence-corrected chi connectivity index (χ1v) is 9.03. The maximum atomic E-state index is 9.37. The van der Waals surface area contributed by atoms with Crippen LogP contribution >= 0.6 is 34.5 Å². The lowest BCUT2D eigenvalue weighted by atomic mass is 9.99. The molecule has 124 valence electrons. The summed E-state index contributed by atoms with van der Waals surface area (Å²) >= 11 is 14.0. The molecule has 0 aliphatic carbocycles. The third-order valence-electron chi connectivity index (χ3n) is 3.78. The largest absolute Gasteiger partial charge is 0.394 e. The van der Waals surface area contributed by atoms with Gasteiger partial charge in [-0.15, -0.1) is 11.3 Å². The van der Waals surface area contributed by atoms with Crippen molar-refractivity contribution in [1.29, 1.82) is 0 Å². The van der Waals surface area contributed by atoms with E-state index in [1.165, 1.54) is 0 Å². The average molecular weight is 374 g/mol. The van der Waals surface area contributed by atoms with E-state index in [1.807, 2.05) is 11.4 Å². The van der Waals surface area contributed by atoms with Crippen molar-refractivity contribution in [3.05, 3.63) is 50.4 Å². The van der Waals surface area contributed by atoms with E-state index < -0.39 is 5.79 Å². The summed E-state index contributed by atoms with van der Waals surface area (Å²) in [4.78, 5) is 4.29. The number of aliphatic hydroxyl groups is 1. The van der Waals surface area contributed by atoms with Crippen LogP contribution in [-0.4, -0.2) is 29.4 Å². The van der Waals surface area contributed by atoms with Gasteiger partial charge in [0.25, 0.3) is 0 Å². The lowest BCUT2D eigenvalue weighted by Crippen LogP contribution is -2.29. The molecule has 0 radical (unpaired) electrons. The van der Waals surface area contributed by atoms with Gasteiger partial charge in [0.1, 0.15) is 6.10 Å². The SMILES string of the molecule is OC[C@H]1CO[C@](CCCc2nccs2)(c2ccc(Cl)cc2Cl)O1. The molecule has 2 heterocycles. The Labute approximate surface area is 149 Å². The minimum atomic E-state index is -0.938. The number of hydrogen-bond donors (Lipinski definition) is 1. The second-order valence-corrected chi connectivity index (χ2v) is 7.21. The fourth-order valence-corrected chi connectivity index (χ4v) is 3.92. The fraction of sp³-hybridized carbons (Fsp3) is 0.438. The highest BCUT2D eigenvalue weighted by Crippen LogP contribution is 2.42. The standard InChI is InChI=1S/C16H17Cl2NO3S/c17-11-3-4-13(14(18)8-11)16(21-10-12(9-20)22-16)5-1-2-15-19-6-7-23-15/h3-4,6-8,12,20H,1-2,5,9-10H2/t12-,16-/m0/s1. The number of halogens is 2. The van der Waals surface area contributed by atoms with E-state index in [0.717, 1.165) is 23.4 Å². The van der Waals surface area contributed by atoms with Gasteiger partial charge in [-0.3, -0.25) is 0 Å². The van der Waals surface area contributed by atoms with Crippen molar-refractivity contribution in [2.24, 2.45) is 0 Å². The van der Waals surface area contributed by atoms with E-state index >= 15 is 0 Å². The zero-order valence-corrected chi connectivity index (χ0v) is 14.7. The summed E-state index contributed by atoms with van der Waals surface area (Å²) < 4.78 is 12.0. The van der Waals surface area contributed by atoms with E-state index in [1.54, 1.807) is 29.7 Å². The molecule has 0 bridgehead atoms. The van der Waals surface area contributed by atoms with Crippen LogP contribution in [0.25, 0.3) is 0 Å². The first-order chi connectivity index (χ1) is 11.1. The highest BCUT2D eigenvalue weighted by molar-refractivity contribution is 7.09. The summed E-state index contributed by atoms with van der Waals surface area (Å²) in [5, 5.41) is 13.5. The Balaban J connectivity index is 1.79. The van der Waals surface area contributed by atoms with Crippen LogP contribution in [0.5, 0.6) is 0 Å². The lowest BCUT2D eigenvalue weighted by molar-refractivity contribution is -0.185. The summed E-state index contributed by atoms with van der Waals surface area (Å²) in [5.41, 5.74) is 0.749. The second kappa shape index (κ2) is 7.47. The van der Waals surface area contributed by atoms with Crippen molar-refractivity contribution >= 4 is 34.5 Å². The first-order valence-electron chi connectivity index (χ1n) is 7.39. The van der Waals surface area contributed by atoms with Crippen molar-refractivity contribution in [3.8, 4) is 0 Å². The van der Waals surface area contributed by atoms with Crippen LogP contribution in [-0.2, 0) is 21.7 Å². The van der Waals surface area contributed by atoms with E-state index in [-0.39, 0.29) is 12.7 Å². The van der Waals surface area contributed by atoms with E-state index in [2.05, 4.69) is 4.98 Å². The zero-order chi connectivity index (χ0) is 16.3. The molecule has 0 amide bonds. The number of ether oxygens (including phenoxy) is 2. The number of nitrogens with zero attached hydrogens (tertiary/aromatic N) is 1. The van der Waals surface area contributed by atoms with Crippen molar-refractivity contribution in [1.82, 2.24) is 4.98 Å². The predicted molar refractivity (Wildman–Crippen MR) is 91.1 cm³/mol. The van der Waals surface area contributed by atoms with E-state index in [0.29, 0.717) is 23.1 Å². The van der Waals surface area contributed by atoms with Gasteiger partial charge in [0.2, 0.25) is 0 Å². The maximum Gasteiger partial charge on any atom is 0.196 e. The minimum Gasteiger partial charge on any atom is -0.394 e. The number of aryl methyl sites for hydroxylation is 1. The molecule has 1 aliphatic rings. The molecule has 4 nitrogen and oxygen atoms in total. The number of aromatic nitrogens is 1. The number of aliphatic hydroxyl groups excluding tert-OH is 1. The van der Waals surface area contributed by atoms with Crippen molar-refractivity contribution < 1.29 is 14.6 Å². The highest BCUT2D eigenvalue weighted by Gasteiger charge is 2.43. The monoisotopic (exact) mass is 373 g/mol. The molecule has 0 spiro atoms.